The average Bonchev–Trinajstić information content (AvgIpc) is 2.23. The summed E-state index contributed by atoms with van der Waals surface area (Å²) in [6, 6.07) is 0. The van der Waals surface area contributed by atoms with E-state index in [1.54, 1.807) is 0 Å². The van der Waals surface area contributed by atoms with Crippen LogP contribution in [0.4, 0.5) is 0 Å². The molecule has 1 rings (SSSR count). The molecule has 1 fully saturated rings. The Bertz CT molecular complexity index is 153. The Morgan fingerprint density at radius 3 is 3.00 bits per heavy atom. The van der Waals surface area contributed by atoms with E-state index in [2.05, 4.69) is 17.1 Å². The quantitative estimate of drug-likeness (QED) is 0.647. The number of likely N-dealkylation sites (tertiary alicyclic amines) is 1. The Morgan fingerprint density at radius 2 is 2.27 bits per heavy atom. The number of piperidine rings is 1. The maximum atomic E-state index is 5.27. The van der Waals surface area contributed by atoms with Gasteiger partial charge in [-0.15, -0.1) is 0 Å². The van der Waals surface area contributed by atoms with Crippen molar-refractivity contribution in [2.75, 3.05) is 45.9 Å². The third-order valence-electron chi connectivity index (χ3n) is 2.97. The molecule has 0 radical (unpaired) electrons. The van der Waals surface area contributed by atoms with Crippen LogP contribution in [0.5, 0.6) is 0 Å². The van der Waals surface area contributed by atoms with Crippen LogP contribution in [0.3, 0.4) is 0 Å². The third-order valence-corrected chi connectivity index (χ3v) is 2.97. The molecule has 0 bridgehead atoms. The molecule has 1 aliphatic rings. The van der Waals surface area contributed by atoms with Crippen LogP contribution in [0, 0.1) is 5.92 Å². The molecular weight excluding hydrogens is 188 g/mol. The van der Waals surface area contributed by atoms with E-state index in [1.807, 2.05) is 6.92 Å². The summed E-state index contributed by atoms with van der Waals surface area (Å²) in [6.45, 7) is 11.9. The zero-order valence-corrected chi connectivity index (χ0v) is 10.3. The van der Waals surface area contributed by atoms with Crippen molar-refractivity contribution in [2.45, 2.75) is 26.7 Å². The van der Waals surface area contributed by atoms with E-state index in [1.165, 1.54) is 32.5 Å². The molecule has 0 saturated carbocycles. The molecule has 0 amide bonds. The summed E-state index contributed by atoms with van der Waals surface area (Å²) in [5.74, 6) is 0.891. The van der Waals surface area contributed by atoms with Crippen LogP contribution in [0.15, 0.2) is 0 Å². The van der Waals surface area contributed by atoms with Gasteiger partial charge in [-0.2, -0.15) is 0 Å². The highest BCUT2D eigenvalue weighted by Crippen LogP contribution is 2.14. The van der Waals surface area contributed by atoms with Gasteiger partial charge in [-0.05, 0) is 32.2 Å². The average molecular weight is 214 g/mol. The monoisotopic (exact) mass is 214 g/mol. The number of ether oxygens (including phenoxy) is 1. The molecule has 1 aliphatic heterocycles. The maximum absolute atomic E-state index is 5.27. The smallest absolute Gasteiger partial charge is 0.0590 e. The molecule has 15 heavy (non-hydrogen) atoms. The second kappa shape index (κ2) is 8.08. The van der Waals surface area contributed by atoms with Crippen molar-refractivity contribution >= 4 is 0 Å². The van der Waals surface area contributed by atoms with E-state index < -0.39 is 0 Å². The SMILES string of the molecule is CCOCCNCCN1CCCC(C)C1. The molecule has 0 aromatic rings. The van der Waals surface area contributed by atoms with E-state index in [4.69, 9.17) is 4.74 Å². The third kappa shape index (κ3) is 6.13. The second-order valence-corrected chi connectivity index (χ2v) is 4.49. The van der Waals surface area contributed by atoms with Gasteiger partial charge in [0.05, 0.1) is 6.61 Å². The van der Waals surface area contributed by atoms with E-state index in [9.17, 15) is 0 Å². The van der Waals surface area contributed by atoms with Crippen LogP contribution in [-0.4, -0.2) is 50.8 Å². The van der Waals surface area contributed by atoms with E-state index in [0.717, 1.165) is 32.2 Å². The normalized spacial score (nSPS) is 23.2. The van der Waals surface area contributed by atoms with Crippen LogP contribution in [0.2, 0.25) is 0 Å². The Kier molecular flexibility index (Phi) is 6.98. The largest absolute Gasteiger partial charge is 0.380 e. The lowest BCUT2D eigenvalue weighted by atomic mass is 10.0. The van der Waals surface area contributed by atoms with Crippen LogP contribution in [0.25, 0.3) is 0 Å². The highest BCUT2D eigenvalue weighted by Gasteiger charge is 2.14. The van der Waals surface area contributed by atoms with Crippen molar-refractivity contribution in [1.29, 1.82) is 0 Å². The number of rotatable bonds is 7. The van der Waals surface area contributed by atoms with Gasteiger partial charge in [-0.3, -0.25) is 0 Å². The van der Waals surface area contributed by atoms with E-state index in [0.29, 0.717) is 0 Å². The van der Waals surface area contributed by atoms with E-state index in [-0.39, 0.29) is 0 Å². The molecule has 1 N–H and O–H groups in total. The predicted molar refractivity (Wildman–Crippen MR) is 64.2 cm³/mol. The fraction of sp³-hybridized carbons (Fsp3) is 1.00. The summed E-state index contributed by atoms with van der Waals surface area (Å²) in [6.07, 6.45) is 2.79. The molecule has 3 heteroatoms. The number of hydrogen-bond acceptors (Lipinski definition) is 3. The topological polar surface area (TPSA) is 24.5 Å². The Labute approximate surface area is 94.2 Å². The van der Waals surface area contributed by atoms with Gasteiger partial charge in [0.2, 0.25) is 0 Å². The fourth-order valence-corrected chi connectivity index (χ4v) is 2.14. The van der Waals surface area contributed by atoms with Crippen molar-refractivity contribution < 1.29 is 4.74 Å². The van der Waals surface area contributed by atoms with Gasteiger partial charge in [0.1, 0.15) is 0 Å². The van der Waals surface area contributed by atoms with Crippen molar-refractivity contribution in [3.05, 3.63) is 0 Å². The summed E-state index contributed by atoms with van der Waals surface area (Å²) in [4.78, 5) is 2.57. The maximum Gasteiger partial charge on any atom is 0.0590 e. The standard InChI is InChI=1S/C12H26N2O/c1-3-15-10-7-13-6-9-14-8-4-5-12(2)11-14/h12-13H,3-11H2,1-2H3. The fourth-order valence-electron chi connectivity index (χ4n) is 2.14. The minimum atomic E-state index is 0.825. The molecule has 0 aromatic carbocycles. The van der Waals surface area contributed by atoms with Gasteiger partial charge < -0.3 is 15.0 Å². The lowest BCUT2D eigenvalue weighted by Gasteiger charge is -2.30. The van der Waals surface area contributed by atoms with Crippen LogP contribution in [0.1, 0.15) is 26.7 Å². The molecule has 0 aromatic heterocycles. The van der Waals surface area contributed by atoms with Gasteiger partial charge >= 0.3 is 0 Å². The molecule has 1 unspecified atom stereocenters. The molecule has 0 spiro atoms. The first-order chi connectivity index (χ1) is 7.33. The minimum Gasteiger partial charge on any atom is -0.380 e. The highest BCUT2D eigenvalue weighted by molar-refractivity contribution is 4.70. The zero-order valence-electron chi connectivity index (χ0n) is 10.3. The van der Waals surface area contributed by atoms with Crippen molar-refractivity contribution in [3.8, 4) is 0 Å². The summed E-state index contributed by atoms with van der Waals surface area (Å²) in [5, 5.41) is 3.42. The van der Waals surface area contributed by atoms with Gasteiger partial charge in [0, 0.05) is 32.8 Å². The van der Waals surface area contributed by atoms with Crippen molar-refractivity contribution in [2.24, 2.45) is 5.92 Å². The van der Waals surface area contributed by atoms with Crippen molar-refractivity contribution in [1.82, 2.24) is 10.2 Å². The second-order valence-electron chi connectivity index (χ2n) is 4.49. The molecule has 1 atom stereocenters. The van der Waals surface area contributed by atoms with Gasteiger partial charge in [-0.1, -0.05) is 6.92 Å². The number of nitrogens with zero attached hydrogens (tertiary/aromatic N) is 1. The molecule has 1 saturated heterocycles. The Balaban J connectivity index is 1.90. The Morgan fingerprint density at radius 1 is 1.40 bits per heavy atom. The summed E-state index contributed by atoms with van der Waals surface area (Å²) in [7, 11) is 0. The molecule has 1 heterocycles. The van der Waals surface area contributed by atoms with Crippen LogP contribution in [-0.2, 0) is 4.74 Å². The zero-order chi connectivity index (χ0) is 10.9. The van der Waals surface area contributed by atoms with Crippen LogP contribution >= 0.6 is 0 Å². The first kappa shape index (κ1) is 12.9. The van der Waals surface area contributed by atoms with Crippen molar-refractivity contribution in [3.63, 3.8) is 0 Å². The molecular formula is C12H26N2O. The molecule has 90 valence electrons. The minimum absolute atomic E-state index is 0.825. The van der Waals surface area contributed by atoms with Gasteiger partial charge in [0.25, 0.3) is 0 Å². The lowest BCUT2D eigenvalue weighted by Crippen LogP contribution is -2.39. The first-order valence-electron chi connectivity index (χ1n) is 6.33. The number of hydrogen-bond donors (Lipinski definition) is 1. The predicted octanol–water partition coefficient (Wildman–Crippen LogP) is 1.34. The summed E-state index contributed by atoms with van der Waals surface area (Å²) in [5.41, 5.74) is 0. The molecule has 3 nitrogen and oxygen atoms in total. The van der Waals surface area contributed by atoms with E-state index >= 15 is 0 Å². The summed E-state index contributed by atoms with van der Waals surface area (Å²) < 4.78 is 5.27. The van der Waals surface area contributed by atoms with Gasteiger partial charge in [0.15, 0.2) is 0 Å². The summed E-state index contributed by atoms with van der Waals surface area (Å²) >= 11 is 0. The number of nitrogens with one attached hydrogen (secondary N) is 1. The lowest BCUT2D eigenvalue weighted by molar-refractivity contribution is 0.145. The van der Waals surface area contributed by atoms with Gasteiger partial charge in [-0.25, -0.2) is 0 Å². The first-order valence-corrected chi connectivity index (χ1v) is 6.33. The van der Waals surface area contributed by atoms with Crippen LogP contribution < -0.4 is 5.32 Å². The Hall–Kier alpha value is -0.120. The molecule has 0 aliphatic carbocycles. The highest BCUT2D eigenvalue weighted by atomic mass is 16.5.